The van der Waals surface area contributed by atoms with Crippen molar-refractivity contribution in [2.75, 3.05) is 5.73 Å². The van der Waals surface area contributed by atoms with Crippen LogP contribution in [0.4, 0.5) is 14.5 Å². The molecule has 0 aliphatic rings. The Balaban J connectivity index is 2.22. The SMILES string of the molecule is Nc1ccc(F)cc1-c1nc2ccc(F)cc2s1. The Labute approximate surface area is 106 Å². The molecule has 0 saturated heterocycles. The normalized spacial score (nSPS) is 11.0. The number of anilines is 1. The topological polar surface area (TPSA) is 38.9 Å². The van der Waals surface area contributed by atoms with Crippen LogP contribution in [0.3, 0.4) is 0 Å². The predicted molar refractivity (Wildman–Crippen MR) is 69.4 cm³/mol. The van der Waals surface area contributed by atoms with E-state index < -0.39 is 0 Å². The van der Waals surface area contributed by atoms with E-state index in [1.165, 1.54) is 41.7 Å². The van der Waals surface area contributed by atoms with Gasteiger partial charge in [-0.05, 0) is 36.4 Å². The third-order valence-electron chi connectivity index (χ3n) is 2.60. The van der Waals surface area contributed by atoms with Crippen molar-refractivity contribution in [3.05, 3.63) is 48.0 Å². The Morgan fingerprint density at radius 1 is 1.00 bits per heavy atom. The third-order valence-corrected chi connectivity index (χ3v) is 3.65. The summed E-state index contributed by atoms with van der Waals surface area (Å²) in [7, 11) is 0. The summed E-state index contributed by atoms with van der Waals surface area (Å²) in [6.07, 6.45) is 0. The summed E-state index contributed by atoms with van der Waals surface area (Å²) >= 11 is 1.29. The van der Waals surface area contributed by atoms with Gasteiger partial charge in [-0.25, -0.2) is 13.8 Å². The van der Waals surface area contributed by atoms with E-state index in [2.05, 4.69) is 4.98 Å². The van der Waals surface area contributed by atoms with Crippen molar-refractivity contribution in [2.24, 2.45) is 0 Å². The van der Waals surface area contributed by atoms with Crippen LogP contribution >= 0.6 is 11.3 Å². The lowest BCUT2D eigenvalue weighted by Crippen LogP contribution is -1.90. The summed E-state index contributed by atoms with van der Waals surface area (Å²) in [5, 5.41) is 0.590. The predicted octanol–water partition coefficient (Wildman–Crippen LogP) is 3.82. The molecule has 0 saturated carbocycles. The maximum Gasteiger partial charge on any atom is 0.126 e. The molecule has 5 heteroatoms. The van der Waals surface area contributed by atoms with Crippen LogP contribution in [0.1, 0.15) is 0 Å². The van der Waals surface area contributed by atoms with Crippen LogP contribution in [-0.4, -0.2) is 4.98 Å². The molecule has 0 aliphatic heterocycles. The summed E-state index contributed by atoms with van der Waals surface area (Å²) in [5.74, 6) is -0.686. The molecular formula is C13H8F2N2S. The number of rotatable bonds is 1. The van der Waals surface area contributed by atoms with E-state index in [4.69, 9.17) is 5.73 Å². The Kier molecular flexibility index (Phi) is 2.48. The number of halogens is 2. The van der Waals surface area contributed by atoms with Gasteiger partial charge in [-0.2, -0.15) is 0 Å². The molecule has 18 heavy (non-hydrogen) atoms. The van der Waals surface area contributed by atoms with E-state index in [9.17, 15) is 8.78 Å². The highest BCUT2D eigenvalue weighted by Gasteiger charge is 2.10. The molecule has 0 unspecified atom stereocenters. The first-order valence-electron chi connectivity index (χ1n) is 5.25. The first-order valence-corrected chi connectivity index (χ1v) is 6.06. The Hall–Kier alpha value is -2.01. The second kappa shape index (κ2) is 4.03. The largest absolute Gasteiger partial charge is 0.398 e. The fraction of sp³-hybridized carbons (Fsp3) is 0. The van der Waals surface area contributed by atoms with Gasteiger partial charge in [-0.15, -0.1) is 11.3 Å². The van der Waals surface area contributed by atoms with Crippen molar-refractivity contribution in [2.45, 2.75) is 0 Å². The van der Waals surface area contributed by atoms with Gasteiger partial charge < -0.3 is 5.73 Å². The third kappa shape index (κ3) is 1.82. The van der Waals surface area contributed by atoms with Gasteiger partial charge in [-0.1, -0.05) is 0 Å². The molecule has 2 N–H and O–H groups in total. The molecule has 1 aromatic heterocycles. The van der Waals surface area contributed by atoms with Gasteiger partial charge >= 0.3 is 0 Å². The number of thiazole rings is 1. The van der Waals surface area contributed by atoms with E-state index in [-0.39, 0.29) is 11.6 Å². The van der Waals surface area contributed by atoms with Crippen molar-refractivity contribution in [1.29, 1.82) is 0 Å². The average Bonchev–Trinajstić information content (AvgIpc) is 2.74. The number of nitrogens with zero attached hydrogens (tertiary/aromatic N) is 1. The van der Waals surface area contributed by atoms with Gasteiger partial charge in [0.1, 0.15) is 16.6 Å². The molecule has 2 nitrogen and oxygen atoms in total. The number of aromatic nitrogens is 1. The minimum atomic E-state index is -0.371. The van der Waals surface area contributed by atoms with Gasteiger partial charge in [0, 0.05) is 11.3 Å². The van der Waals surface area contributed by atoms with Crippen LogP contribution in [0.5, 0.6) is 0 Å². The molecule has 1 heterocycles. The maximum absolute atomic E-state index is 13.2. The highest BCUT2D eigenvalue weighted by Crippen LogP contribution is 2.33. The van der Waals surface area contributed by atoms with Crippen molar-refractivity contribution in [1.82, 2.24) is 4.98 Å². The van der Waals surface area contributed by atoms with Gasteiger partial charge in [0.15, 0.2) is 0 Å². The second-order valence-electron chi connectivity index (χ2n) is 3.86. The van der Waals surface area contributed by atoms with E-state index >= 15 is 0 Å². The van der Waals surface area contributed by atoms with E-state index in [1.807, 2.05) is 0 Å². The molecule has 0 fully saturated rings. The molecule has 3 rings (SSSR count). The van der Waals surface area contributed by atoms with Gasteiger partial charge in [0.25, 0.3) is 0 Å². The lowest BCUT2D eigenvalue weighted by molar-refractivity contribution is 0.628. The molecule has 0 aliphatic carbocycles. The maximum atomic E-state index is 13.2. The first-order chi connectivity index (χ1) is 8.63. The zero-order chi connectivity index (χ0) is 12.7. The number of fused-ring (bicyclic) bond motifs is 1. The first kappa shape index (κ1) is 11.1. The monoisotopic (exact) mass is 262 g/mol. The summed E-state index contributed by atoms with van der Waals surface area (Å²) in [4.78, 5) is 4.33. The molecule has 3 aromatic rings. The number of nitrogens with two attached hydrogens (primary N) is 1. The van der Waals surface area contributed by atoms with Gasteiger partial charge in [0.2, 0.25) is 0 Å². The highest BCUT2D eigenvalue weighted by molar-refractivity contribution is 7.21. The molecule has 0 bridgehead atoms. The van der Waals surface area contributed by atoms with Crippen LogP contribution in [-0.2, 0) is 0 Å². The molecule has 90 valence electrons. The van der Waals surface area contributed by atoms with Crippen molar-refractivity contribution in [3.63, 3.8) is 0 Å². The van der Waals surface area contributed by atoms with Crippen LogP contribution in [0.15, 0.2) is 36.4 Å². The minimum Gasteiger partial charge on any atom is -0.398 e. The van der Waals surface area contributed by atoms with Crippen LogP contribution in [0.2, 0.25) is 0 Å². The van der Waals surface area contributed by atoms with Crippen LogP contribution in [0, 0.1) is 11.6 Å². The van der Waals surface area contributed by atoms with E-state index in [0.717, 1.165) is 0 Å². The molecule has 0 atom stereocenters. The second-order valence-corrected chi connectivity index (χ2v) is 4.89. The molecule has 2 aromatic carbocycles. The Bertz CT molecular complexity index is 737. The number of hydrogen-bond donors (Lipinski definition) is 1. The summed E-state index contributed by atoms with van der Waals surface area (Å²) < 4.78 is 27.0. The number of benzene rings is 2. The van der Waals surface area contributed by atoms with Gasteiger partial charge in [-0.3, -0.25) is 0 Å². The summed E-state index contributed by atoms with van der Waals surface area (Å²) in [6.45, 7) is 0. The molecular weight excluding hydrogens is 254 g/mol. The van der Waals surface area contributed by atoms with Crippen LogP contribution < -0.4 is 5.73 Å². The Morgan fingerprint density at radius 3 is 2.56 bits per heavy atom. The smallest absolute Gasteiger partial charge is 0.126 e. The van der Waals surface area contributed by atoms with Crippen molar-refractivity contribution < 1.29 is 8.78 Å². The van der Waals surface area contributed by atoms with Crippen molar-refractivity contribution in [3.8, 4) is 10.6 Å². The lowest BCUT2D eigenvalue weighted by atomic mass is 10.2. The van der Waals surface area contributed by atoms with Crippen LogP contribution in [0.25, 0.3) is 20.8 Å². The van der Waals surface area contributed by atoms with Gasteiger partial charge in [0.05, 0.1) is 10.2 Å². The highest BCUT2D eigenvalue weighted by atomic mass is 32.1. The molecule has 0 radical (unpaired) electrons. The fourth-order valence-corrected chi connectivity index (χ4v) is 2.76. The lowest BCUT2D eigenvalue weighted by Gasteiger charge is -2.01. The van der Waals surface area contributed by atoms with Crippen molar-refractivity contribution >= 4 is 27.2 Å². The minimum absolute atomic E-state index is 0.315. The van der Waals surface area contributed by atoms with E-state index in [1.54, 1.807) is 6.07 Å². The molecule has 0 spiro atoms. The summed E-state index contributed by atoms with van der Waals surface area (Å²) in [6, 6.07) is 8.49. The zero-order valence-electron chi connectivity index (χ0n) is 9.15. The van der Waals surface area contributed by atoms with E-state index in [0.29, 0.717) is 26.5 Å². The quantitative estimate of drug-likeness (QED) is 0.677. The Morgan fingerprint density at radius 2 is 1.72 bits per heavy atom. The standard InChI is InChI=1S/C13H8F2N2S/c14-7-1-3-10(16)9(5-7)13-17-11-4-2-8(15)6-12(11)18-13/h1-6H,16H2. The number of hydrogen-bond acceptors (Lipinski definition) is 3. The average molecular weight is 262 g/mol. The molecule has 0 amide bonds. The zero-order valence-corrected chi connectivity index (χ0v) is 9.97. The summed E-state index contributed by atoms with van der Waals surface area (Å²) in [5.41, 5.74) is 7.47. The number of nitrogen functional groups attached to an aromatic ring is 1. The fourth-order valence-electron chi connectivity index (χ4n) is 1.73.